The Kier molecular flexibility index (Phi) is 5.02. The number of nitrogens with one attached hydrogen (secondary N) is 1. The maximum absolute atomic E-state index is 12.9. The molecule has 1 aliphatic rings. The smallest absolute Gasteiger partial charge is 0.255 e. The Hall–Kier alpha value is -2.38. The van der Waals surface area contributed by atoms with Crippen LogP contribution in [0.4, 0.5) is 11.4 Å². The van der Waals surface area contributed by atoms with Crippen molar-refractivity contribution in [2.75, 3.05) is 16.8 Å². The molecule has 0 bridgehead atoms. The van der Waals surface area contributed by atoms with Gasteiger partial charge in [-0.2, -0.15) is 0 Å². The van der Waals surface area contributed by atoms with E-state index in [1.54, 1.807) is 30.3 Å². The van der Waals surface area contributed by atoms with Crippen molar-refractivity contribution in [2.24, 2.45) is 0 Å². The SMILES string of the molecule is CCCN1C(=O)C(C(=O)Nc2ccc(Cl)cc2)S(=O)(=O)c2ccccc21. The second-order valence-corrected chi connectivity index (χ2v) is 8.32. The molecule has 2 amide bonds. The van der Waals surface area contributed by atoms with Crippen molar-refractivity contribution in [2.45, 2.75) is 23.5 Å². The molecule has 0 saturated heterocycles. The summed E-state index contributed by atoms with van der Waals surface area (Å²) in [5, 5.41) is 1.15. The van der Waals surface area contributed by atoms with Gasteiger partial charge in [-0.25, -0.2) is 8.42 Å². The second-order valence-electron chi connectivity index (χ2n) is 5.88. The normalized spacial score (nSPS) is 18.3. The fourth-order valence-corrected chi connectivity index (χ4v) is 4.74. The molecule has 26 heavy (non-hydrogen) atoms. The maximum Gasteiger partial charge on any atom is 0.255 e. The number of hydrogen-bond donors (Lipinski definition) is 1. The Morgan fingerprint density at radius 3 is 2.46 bits per heavy atom. The zero-order valence-corrected chi connectivity index (χ0v) is 15.5. The first-order valence-corrected chi connectivity index (χ1v) is 9.99. The number of rotatable bonds is 4. The summed E-state index contributed by atoms with van der Waals surface area (Å²) in [6.07, 6.45) is 0.631. The highest BCUT2D eigenvalue weighted by atomic mass is 35.5. The molecule has 3 rings (SSSR count). The van der Waals surface area contributed by atoms with Crippen LogP contribution in [-0.4, -0.2) is 32.0 Å². The van der Waals surface area contributed by atoms with Crippen LogP contribution < -0.4 is 10.2 Å². The molecule has 1 aliphatic heterocycles. The summed E-state index contributed by atoms with van der Waals surface area (Å²) < 4.78 is 25.8. The van der Waals surface area contributed by atoms with E-state index < -0.39 is 26.9 Å². The zero-order valence-electron chi connectivity index (χ0n) is 14.0. The monoisotopic (exact) mass is 392 g/mol. The summed E-state index contributed by atoms with van der Waals surface area (Å²) in [4.78, 5) is 26.9. The van der Waals surface area contributed by atoms with Gasteiger partial charge in [-0.3, -0.25) is 9.59 Å². The summed E-state index contributed by atoms with van der Waals surface area (Å²) in [6.45, 7) is 2.21. The minimum atomic E-state index is -4.14. The van der Waals surface area contributed by atoms with E-state index in [-0.39, 0.29) is 4.90 Å². The Labute approximate surface area is 156 Å². The van der Waals surface area contributed by atoms with Gasteiger partial charge < -0.3 is 10.2 Å². The van der Waals surface area contributed by atoms with Crippen molar-refractivity contribution in [1.29, 1.82) is 0 Å². The molecule has 0 aliphatic carbocycles. The summed E-state index contributed by atoms with van der Waals surface area (Å²) >= 11 is 5.81. The van der Waals surface area contributed by atoms with Crippen LogP contribution in [0.2, 0.25) is 5.02 Å². The predicted molar refractivity (Wildman–Crippen MR) is 100 cm³/mol. The van der Waals surface area contributed by atoms with Crippen LogP contribution in [-0.2, 0) is 19.4 Å². The summed E-state index contributed by atoms with van der Waals surface area (Å²) in [5.41, 5.74) is 0.679. The Morgan fingerprint density at radius 1 is 1.15 bits per heavy atom. The number of benzene rings is 2. The maximum atomic E-state index is 12.9. The minimum Gasteiger partial charge on any atom is -0.324 e. The number of sulfone groups is 1. The highest BCUT2D eigenvalue weighted by Crippen LogP contribution is 2.35. The Bertz CT molecular complexity index is 957. The molecule has 2 aromatic rings. The topological polar surface area (TPSA) is 83.6 Å². The van der Waals surface area contributed by atoms with Crippen LogP contribution in [0.15, 0.2) is 53.4 Å². The van der Waals surface area contributed by atoms with Crippen molar-refractivity contribution in [3.05, 3.63) is 53.6 Å². The highest BCUT2D eigenvalue weighted by molar-refractivity contribution is 7.94. The molecule has 0 spiro atoms. The van der Waals surface area contributed by atoms with Gasteiger partial charge in [0, 0.05) is 17.3 Å². The first-order chi connectivity index (χ1) is 12.4. The van der Waals surface area contributed by atoms with Gasteiger partial charge in [-0.05, 0) is 42.8 Å². The molecule has 0 saturated carbocycles. The van der Waals surface area contributed by atoms with Crippen molar-refractivity contribution in [3.8, 4) is 0 Å². The van der Waals surface area contributed by atoms with E-state index in [1.165, 1.54) is 23.1 Å². The van der Waals surface area contributed by atoms with Gasteiger partial charge in [0.25, 0.3) is 11.8 Å². The summed E-state index contributed by atoms with van der Waals surface area (Å²) in [6, 6.07) is 12.4. The fraction of sp³-hybridized carbons (Fsp3) is 0.222. The minimum absolute atomic E-state index is 0.00990. The van der Waals surface area contributed by atoms with Gasteiger partial charge in [0.15, 0.2) is 0 Å². The van der Waals surface area contributed by atoms with Gasteiger partial charge in [-0.15, -0.1) is 0 Å². The number of hydrogen-bond acceptors (Lipinski definition) is 4. The van der Waals surface area contributed by atoms with Crippen molar-refractivity contribution in [1.82, 2.24) is 0 Å². The highest BCUT2D eigenvalue weighted by Gasteiger charge is 2.48. The first-order valence-electron chi connectivity index (χ1n) is 8.07. The molecule has 1 heterocycles. The zero-order chi connectivity index (χ0) is 18.9. The van der Waals surface area contributed by atoms with Crippen LogP contribution in [0.3, 0.4) is 0 Å². The largest absolute Gasteiger partial charge is 0.324 e. The van der Waals surface area contributed by atoms with E-state index >= 15 is 0 Å². The number of para-hydroxylation sites is 1. The third-order valence-electron chi connectivity index (χ3n) is 4.06. The van der Waals surface area contributed by atoms with E-state index in [2.05, 4.69) is 5.32 Å². The molecule has 2 aromatic carbocycles. The molecule has 8 heteroatoms. The lowest BCUT2D eigenvalue weighted by atomic mass is 10.2. The molecule has 0 fully saturated rings. The molecule has 0 aromatic heterocycles. The lowest BCUT2D eigenvalue weighted by Gasteiger charge is -2.33. The molecule has 1 atom stereocenters. The number of amides is 2. The Balaban J connectivity index is 2.01. The van der Waals surface area contributed by atoms with Crippen molar-refractivity contribution >= 4 is 44.6 Å². The average molecular weight is 393 g/mol. The molecule has 136 valence electrons. The predicted octanol–water partition coefficient (Wildman–Crippen LogP) is 2.88. The number of halogens is 1. The van der Waals surface area contributed by atoms with E-state index in [0.717, 1.165) is 0 Å². The lowest BCUT2D eigenvalue weighted by Crippen LogP contribution is -2.53. The number of nitrogens with zero attached hydrogens (tertiary/aromatic N) is 1. The summed E-state index contributed by atoms with van der Waals surface area (Å²) in [5.74, 6) is -1.62. The third-order valence-corrected chi connectivity index (χ3v) is 6.31. The molecular weight excluding hydrogens is 376 g/mol. The van der Waals surface area contributed by atoms with Crippen LogP contribution in [0.5, 0.6) is 0 Å². The first kappa shape index (κ1) is 18.4. The van der Waals surface area contributed by atoms with Gasteiger partial charge in [0.2, 0.25) is 15.1 Å². The number of carbonyl (C=O) groups excluding carboxylic acids is 2. The van der Waals surface area contributed by atoms with Gasteiger partial charge in [0.1, 0.15) is 0 Å². The van der Waals surface area contributed by atoms with E-state index in [4.69, 9.17) is 11.6 Å². The number of fused-ring (bicyclic) bond motifs is 1. The number of anilines is 2. The molecular formula is C18H17ClN2O4S. The number of carbonyl (C=O) groups is 2. The van der Waals surface area contributed by atoms with Crippen LogP contribution in [0, 0.1) is 0 Å². The average Bonchev–Trinajstić information content (AvgIpc) is 2.60. The van der Waals surface area contributed by atoms with E-state index in [0.29, 0.717) is 29.4 Å². The molecule has 1 N–H and O–H groups in total. The molecule has 6 nitrogen and oxygen atoms in total. The van der Waals surface area contributed by atoms with Crippen LogP contribution >= 0.6 is 11.6 Å². The standard InChI is InChI=1S/C18H17ClN2O4S/c1-2-11-21-14-5-3-4-6-15(14)26(24,25)16(18(21)23)17(22)20-13-9-7-12(19)8-10-13/h3-10,16H,2,11H2,1H3,(H,20,22). The second kappa shape index (κ2) is 7.09. The fourth-order valence-electron chi connectivity index (χ4n) is 2.89. The molecule has 1 unspecified atom stereocenters. The Morgan fingerprint density at radius 2 is 1.81 bits per heavy atom. The van der Waals surface area contributed by atoms with E-state index in [9.17, 15) is 18.0 Å². The quantitative estimate of drug-likeness (QED) is 0.811. The molecule has 0 radical (unpaired) electrons. The lowest BCUT2D eigenvalue weighted by molar-refractivity contribution is -0.124. The van der Waals surface area contributed by atoms with Crippen LogP contribution in [0.25, 0.3) is 0 Å². The van der Waals surface area contributed by atoms with Crippen molar-refractivity contribution < 1.29 is 18.0 Å². The van der Waals surface area contributed by atoms with Crippen molar-refractivity contribution in [3.63, 3.8) is 0 Å². The van der Waals surface area contributed by atoms with Crippen LogP contribution in [0.1, 0.15) is 13.3 Å². The summed E-state index contributed by atoms with van der Waals surface area (Å²) in [7, 11) is -4.14. The van der Waals surface area contributed by atoms with Gasteiger partial charge in [-0.1, -0.05) is 30.7 Å². The van der Waals surface area contributed by atoms with Gasteiger partial charge >= 0.3 is 0 Å². The van der Waals surface area contributed by atoms with E-state index in [1.807, 2.05) is 6.92 Å². The third kappa shape index (κ3) is 3.20. The van der Waals surface area contributed by atoms with Gasteiger partial charge in [0.05, 0.1) is 10.6 Å².